The fraction of sp³-hybridized carbons (Fsp3) is 0.167. The lowest BCUT2D eigenvalue weighted by molar-refractivity contribution is 0.102. The van der Waals surface area contributed by atoms with E-state index in [2.05, 4.69) is 10.3 Å². The van der Waals surface area contributed by atoms with Crippen molar-refractivity contribution < 1.29 is 19.0 Å². The zero-order chi connectivity index (χ0) is 17.1. The number of carbonyl (C=O) groups excluding carboxylic acids is 1. The van der Waals surface area contributed by atoms with Crippen LogP contribution in [0.4, 0.5) is 5.69 Å². The third kappa shape index (κ3) is 2.86. The molecule has 3 rings (SSSR count). The molecular weight excluding hydrogens is 308 g/mol. The number of methoxy groups -OCH3 is 3. The highest BCUT2D eigenvalue weighted by molar-refractivity contribution is 6.07. The van der Waals surface area contributed by atoms with Crippen LogP contribution in [-0.2, 0) is 0 Å². The van der Waals surface area contributed by atoms with E-state index in [-0.39, 0.29) is 5.91 Å². The molecule has 0 bridgehead atoms. The second-order valence-corrected chi connectivity index (χ2v) is 5.12. The minimum Gasteiger partial charge on any atom is -0.497 e. The molecule has 6 heteroatoms. The van der Waals surface area contributed by atoms with Crippen molar-refractivity contribution in [2.45, 2.75) is 0 Å². The van der Waals surface area contributed by atoms with Gasteiger partial charge in [-0.25, -0.2) is 0 Å². The van der Waals surface area contributed by atoms with Gasteiger partial charge in [-0.1, -0.05) is 6.07 Å². The number of hydrogen-bond donors (Lipinski definition) is 2. The maximum absolute atomic E-state index is 12.6. The largest absolute Gasteiger partial charge is 0.497 e. The molecule has 3 aromatic rings. The van der Waals surface area contributed by atoms with E-state index in [9.17, 15) is 4.79 Å². The third-order valence-electron chi connectivity index (χ3n) is 3.74. The highest BCUT2D eigenvalue weighted by Crippen LogP contribution is 2.30. The van der Waals surface area contributed by atoms with Crippen LogP contribution in [0.25, 0.3) is 10.9 Å². The molecule has 0 saturated carbocycles. The van der Waals surface area contributed by atoms with Crippen molar-refractivity contribution in [2.75, 3.05) is 26.6 Å². The van der Waals surface area contributed by atoms with Crippen molar-refractivity contribution in [3.8, 4) is 17.2 Å². The van der Waals surface area contributed by atoms with E-state index < -0.39 is 0 Å². The molecule has 0 atom stereocenters. The topological polar surface area (TPSA) is 72.6 Å². The summed E-state index contributed by atoms with van der Waals surface area (Å²) in [6.45, 7) is 0. The summed E-state index contributed by atoms with van der Waals surface area (Å²) in [6, 6.07) is 12.6. The number of aromatic nitrogens is 1. The second kappa shape index (κ2) is 6.54. The number of fused-ring (bicyclic) bond motifs is 1. The van der Waals surface area contributed by atoms with Crippen LogP contribution in [0, 0.1) is 0 Å². The molecule has 1 amide bonds. The third-order valence-corrected chi connectivity index (χ3v) is 3.74. The van der Waals surface area contributed by atoms with E-state index in [1.807, 2.05) is 18.2 Å². The zero-order valence-electron chi connectivity index (χ0n) is 13.7. The number of amides is 1. The molecule has 0 radical (unpaired) electrons. The van der Waals surface area contributed by atoms with Gasteiger partial charge in [-0.05, 0) is 30.3 Å². The van der Waals surface area contributed by atoms with Crippen molar-refractivity contribution in [2.24, 2.45) is 0 Å². The van der Waals surface area contributed by atoms with Crippen molar-refractivity contribution in [3.63, 3.8) is 0 Å². The number of nitrogens with one attached hydrogen (secondary N) is 2. The van der Waals surface area contributed by atoms with Gasteiger partial charge in [0.05, 0.1) is 27.0 Å². The molecule has 124 valence electrons. The molecule has 1 heterocycles. The summed E-state index contributed by atoms with van der Waals surface area (Å²) >= 11 is 0. The summed E-state index contributed by atoms with van der Waals surface area (Å²) in [5.74, 6) is 1.61. The van der Waals surface area contributed by atoms with E-state index in [0.717, 1.165) is 10.9 Å². The van der Waals surface area contributed by atoms with Gasteiger partial charge in [-0.2, -0.15) is 0 Å². The minimum absolute atomic E-state index is 0.278. The summed E-state index contributed by atoms with van der Waals surface area (Å²) in [7, 11) is 4.71. The normalized spacial score (nSPS) is 10.5. The number of anilines is 1. The number of H-pyrrole nitrogens is 1. The molecule has 6 nitrogen and oxygen atoms in total. The van der Waals surface area contributed by atoms with Gasteiger partial charge in [0.1, 0.15) is 22.9 Å². The van der Waals surface area contributed by atoms with E-state index in [0.29, 0.717) is 28.6 Å². The van der Waals surface area contributed by atoms with Crippen LogP contribution in [0.15, 0.2) is 42.5 Å². The van der Waals surface area contributed by atoms with Crippen molar-refractivity contribution >= 4 is 22.5 Å². The SMILES string of the molecule is COc1ccc(OC)c(NC(=O)c2cc3c(OC)cccc3[nH]2)c1. The van der Waals surface area contributed by atoms with Crippen LogP contribution >= 0.6 is 0 Å². The quantitative estimate of drug-likeness (QED) is 0.753. The lowest BCUT2D eigenvalue weighted by Crippen LogP contribution is -2.13. The molecule has 0 unspecified atom stereocenters. The van der Waals surface area contributed by atoms with Crippen LogP contribution in [0.3, 0.4) is 0 Å². The number of hydrogen-bond acceptors (Lipinski definition) is 4. The molecule has 0 spiro atoms. The highest BCUT2D eigenvalue weighted by Gasteiger charge is 2.14. The maximum atomic E-state index is 12.6. The molecular formula is C18H18N2O4. The first-order valence-electron chi connectivity index (χ1n) is 7.35. The van der Waals surface area contributed by atoms with E-state index in [1.54, 1.807) is 45.6 Å². The van der Waals surface area contributed by atoms with E-state index in [1.165, 1.54) is 0 Å². The van der Waals surface area contributed by atoms with Crippen LogP contribution in [0.2, 0.25) is 0 Å². The number of ether oxygens (including phenoxy) is 3. The molecule has 0 fully saturated rings. The Kier molecular flexibility index (Phi) is 4.29. The summed E-state index contributed by atoms with van der Waals surface area (Å²) in [5, 5.41) is 3.68. The van der Waals surface area contributed by atoms with Crippen LogP contribution in [0.5, 0.6) is 17.2 Å². The number of benzene rings is 2. The molecule has 2 aromatic carbocycles. The fourth-order valence-electron chi connectivity index (χ4n) is 2.53. The van der Waals surface area contributed by atoms with Gasteiger partial charge in [0, 0.05) is 17.0 Å². The first kappa shape index (κ1) is 15.7. The summed E-state index contributed by atoms with van der Waals surface area (Å²) in [6.07, 6.45) is 0. The monoisotopic (exact) mass is 326 g/mol. The van der Waals surface area contributed by atoms with Gasteiger partial charge in [-0.15, -0.1) is 0 Å². The van der Waals surface area contributed by atoms with Crippen molar-refractivity contribution in [1.82, 2.24) is 4.98 Å². The zero-order valence-corrected chi connectivity index (χ0v) is 13.7. The van der Waals surface area contributed by atoms with Gasteiger partial charge in [0.25, 0.3) is 5.91 Å². The molecule has 0 aliphatic heterocycles. The van der Waals surface area contributed by atoms with Gasteiger partial charge in [0.2, 0.25) is 0 Å². The maximum Gasteiger partial charge on any atom is 0.272 e. The first-order valence-corrected chi connectivity index (χ1v) is 7.35. The van der Waals surface area contributed by atoms with Gasteiger partial charge in [-0.3, -0.25) is 4.79 Å². The smallest absolute Gasteiger partial charge is 0.272 e. The molecule has 0 saturated heterocycles. The van der Waals surface area contributed by atoms with Crippen LogP contribution in [-0.4, -0.2) is 32.2 Å². The molecule has 2 N–H and O–H groups in total. The first-order chi connectivity index (χ1) is 11.7. The molecule has 1 aromatic heterocycles. The number of aromatic amines is 1. The van der Waals surface area contributed by atoms with Crippen LogP contribution in [0.1, 0.15) is 10.5 Å². The predicted octanol–water partition coefficient (Wildman–Crippen LogP) is 3.45. The Hall–Kier alpha value is -3.15. The average molecular weight is 326 g/mol. The van der Waals surface area contributed by atoms with E-state index in [4.69, 9.17) is 14.2 Å². The van der Waals surface area contributed by atoms with Gasteiger partial charge < -0.3 is 24.5 Å². The molecule has 24 heavy (non-hydrogen) atoms. The van der Waals surface area contributed by atoms with Crippen LogP contribution < -0.4 is 19.5 Å². The van der Waals surface area contributed by atoms with Gasteiger partial charge in [0.15, 0.2) is 0 Å². The average Bonchev–Trinajstić information content (AvgIpc) is 3.06. The summed E-state index contributed by atoms with van der Waals surface area (Å²) in [5.41, 5.74) is 1.80. The van der Waals surface area contributed by atoms with Gasteiger partial charge >= 0.3 is 0 Å². The Bertz CT molecular complexity index is 886. The standard InChI is InChI=1S/C18H18N2O4/c1-22-11-7-8-17(24-3)14(9-11)20-18(21)15-10-12-13(19-15)5-4-6-16(12)23-2/h4-10,19H,1-3H3,(H,20,21). The van der Waals surface area contributed by atoms with E-state index >= 15 is 0 Å². The van der Waals surface area contributed by atoms with Crippen molar-refractivity contribution in [3.05, 3.63) is 48.2 Å². The highest BCUT2D eigenvalue weighted by atomic mass is 16.5. The lowest BCUT2D eigenvalue weighted by Gasteiger charge is -2.11. The molecule has 0 aliphatic carbocycles. The number of carbonyl (C=O) groups is 1. The minimum atomic E-state index is -0.278. The Morgan fingerprint density at radius 3 is 2.46 bits per heavy atom. The Morgan fingerprint density at radius 1 is 0.958 bits per heavy atom. The Balaban J connectivity index is 1.93. The predicted molar refractivity (Wildman–Crippen MR) is 92.3 cm³/mol. The fourth-order valence-corrected chi connectivity index (χ4v) is 2.53. The number of rotatable bonds is 5. The van der Waals surface area contributed by atoms with Crippen molar-refractivity contribution in [1.29, 1.82) is 0 Å². The lowest BCUT2D eigenvalue weighted by atomic mass is 10.2. The summed E-state index contributed by atoms with van der Waals surface area (Å²) < 4.78 is 15.8. The Labute approximate surface area is 139 Å². The Morgan fingerprint density at radius 2 is 1.75 bits per heavy atom. The second-order valence-electron chi connectivity index (χ2n) is 5.12. The molecule has 0 aliphatic rings. The summed E-state index contributed by atoms with van der Waals surface area (Å²) in [4.78, 5) is 15.7.